The first-order valence-corrected chi connectivity index (χ1v) is 11.6. The molecule has 25 heavy (non-hydrogen) atoms. The van der Waals surface area contributed by atoms with Crippen molar-refractivity contribution in [2.75, 3.05) is 7.11 Å². The predicted molar refractivity (Wildman–Crippen MR) is 106 cm³/mol. The number of hydrogen-bond acceptors (Lipinski definition) is 3. The van der Waals surface area contributed by atoms with Gasteiger partial charge in [0.15, 0.2) is 9.04 Å². The van der Waals surface area contributed by atoms with Crippen LogP contribution in [0.25, 0.3) is 0 Å². The van der Waals surface area contributed by atoms with E-state index in [0.717, 1.165) is 22.4 Å². The Bertz CT molecular complexity index is 677. The topological polar surface area (TPSA) is 38.7 Å². The molecular weight excluding hydrogens is 328 g/mol. The van der Waals surface area contributed by atoms with Crippen molar-refractivity contribution >= 4 is 9.04 Å². The normalized spacial score (nSPS) is 14.4. The number of methoxy groups -OCH3 is 1. The molecule has 0 amide bonds. The molecule has 0 aliphatic heterocycles. The van der Waals surface area contributed by atoms with Crippen LogP contribution in [0.3, 0.4) is 0 Å². The van der Waals surface area contributed by atoms with E-state index in [4.69, 9.17) is 9.16 Å². The van der Waals surface area contributed by atoms with Crippen LogP contribution in [0.4, 0.5) is 0 Å². The van der Waals surface area contributed by atoms with Crippen LogP contribution in [-0.2, 0) is 4.43 Å². The summed E-state index contributed by atoms with van der Waals surface area (Å²) in [5.41, 5.74) is 2.67. The van der Waals surface area contributed by atoms with Crippen molar-refractivity contribution < 1.29 is 14.3 Å². The summed E-state index contributed by atoms with van der Waals surface area (Å²) in [5, 5.41) is 10.8. The van der Waals surface area contributed by atoms with Crippen molar-refractivity contribution in [2.24, 2.45) is 5.41 Å². The average Bonchev–Trinajstić information content (AvgIpc) is 2.58. The highest BCUT2D eigenvalue weighted by molar-refractivity contribution is 6.48. The maximum Gasteiger partial charge on any atom is 0.171 e. The number of ether oxygens (including phenoxy) is 1. The van der Waals surface area contributed by atoms with Gasteiger partial charge in [0.1, 0.15) is 11.9 Å². The molecule has 2 aromatic carbocycles. The van der Waals surface area contributed by atoms with Gasteiger partial charge >= 0.3 is 0 Å². The van der Waals surface area contributed by atoms with Gasteiger partial charge in [0.2, 0.25) is 0 Å². The summed E-state index contributed by atoms with van der Waals surface area (Å²) in [6.07, 6.45) is -0.736. The molecule has 3 nitrogen and oxygen atoms in total. The molecule has 2 rings (SSSR count). The second kappa shape index (κ2) is 8.17. The lowest BCUT2D eigenvalue weighted by Gasteiger charge is -2.34. The second-order valence-corrected chi connectivity index (χ2v) is 10.1. The van der Waals surface area contributed by atoms with Gasteiger partial charge in [-0.15, -0.1) is 0 Å². The van der Waals surface area contributed by atoms with Gasteiger partial charge in [-0.1, -0.05) is 57.2 Å². The molecule has 0 saturated heterocycles. The van der Waals surface area contributed by atoms with Gasteiger partial charge in [0.25, 0.3) is 0 Å². The highest BCUT2D eigenvalue weighted by Gasteiger charge is 2.31. The number of benzene rings is 2. The monoisotopic (exact) mass is 358 g/mol. The van der Waals surface area contributed by atoms with Crippen molar-refractivity contribution in [3.05, 3.63) is 65.2 Å². The fourth-order valence-corrected chi connectivity index (χ4v) is 4.07. The Labute approximate surface area is 153 Å². The molecule has 0 radical (unpaired) electrons. The summed E-state index contributed by atoms with van der Waals surface area (Å²) < 4.78 is 12.0. The Morgan fingerprint density at radius 1 is 0.960 bits per heavy atom. The number of aliphatic hydroxyl groups excluding tert-OH is 1. The molecule has 2 aromatic rings. The third kappa shape index (κ3) is 4.94. The number of aliphatic hydroxyl groups is 1. The lowest BCUT2D eigenvalue weighted by atomic mass is 9.83. The lowest BCUT2D eigenvalue weighted by molar-refractivity contribution is 0.0837. The zero-order valence-corrected chi connectivity index (χ0v) is 17.3. The standard InChI is InChI=1S/C21H30O3Si/c1-21(2,3)20(24-25(5)6)17-14-16(12-13-18(17)23-4)19(22)15-10-8-7-9-11-15/h7-14,19-20,22,25H,1-6H3. The summed E-state index contributed by atoms with van der Waals surface area (Å²) in [6, 6.07) is 15.6. The highest BCUT2D eigenvalue weighted by atomic mass is 28.3. The van der Waals surface area contributed by atoms with Crippen molar-refractivity contribution in [1.82, 2.24) is 0 Å². The average molecular weight is 359 g/mol. The molecule has 0 heterocycles. The molecule has 0 aliphatic rings. The first kappa shape index (κ1) is 19.7. The molecular formula is C21H30O3Si. The van der Waals surface area contributed by atoms with E-state index in [9.17, 15) is 5.11 Å². The molecule has 0 bridgehead atoms. The Morgan fingerprint density at radius 3 is 2.12 bits per heavy atom. The fraction of sp³-hybridized carbons (Fsp3) is 0.429. The molecule has 1 N–H and O–H groups in total. The highest BCUT2D eigenvalue weighted by Crippen LogP contribution is 2.42. The number of hydrogen-bond donors (Lipinski definition) is 1. The summed E-state index contributed by atoms with van der Waals surface area (Å²) in [6.45, 7) is 10.9. The van der Waals surface area contributed by atoms with Crippen LogP contribution in [0, 0.1) is 5.41 Å². The maximum atomic E-state index is 10.8. The SMILES string of the molecule is COc1ccc(C(O)c2ccccc2)cc1C(O[SiH](C)C)C(C)(C)C. The van der Waals surface area contributed by atoms with E-state index < -0.39 is 15.1 Å². The van der Waals surface area contributed by atoms with Gasteiger partial charge < -0.3 is 14.3 Å². The lowest BCUT2D eigenvalue weighted by Crippen LogP contribution is -2.26. The fourth-order valence-electron chi connectivity index (χ4n) is 2.97. The van der Waals surface area contributed by atoms with E-state index in [-0.39, 0.29) is 11.5 Å². The zero-order chi connectivity index (χ0) is 18.6. The van der Waals surface area contributed by atoms with E-state index >= 15 is 0 Å². The van der Waals surface area contributed by atoms with E-state index in [1.54, 1.807) is 7.11 Å². The molecule has 0 aliphatic carbocycles. The molecule has 136 valence electrons. The first-order valence-electron chi connectivity index (χ1n) is 8.80. The van der Waals surface area contributed by atoms with Crippen LogP contribution in [0.2, 0.25) is 13.1 Å². The largest absolute Gasteiger partial charge is 0.496 e. The van der Waals surface area contributed by atoms with Crippen LogP contribution in [0.1, 0.15) is 49.7 Å². The maximum absolute atomic E-state index is 10.8. The van der Waals surface area contributed by atoms with Gasteiger partial charge in [-0.3, -0.25) is 0 Å². The van der Waals surface area contributed by atoms with Crippen molar-refractivity contribution in [3.63, 3.8) is 0 Å². The molecule has 0 spiro atoms. The van der Waals surface area contributed by atoms with Crippen molar-refractivity contribution in [3.8, 4) is 5.75 Å². The quantitative estimate of drug-likeness (QED) is 0.749. The van der Waals surface area contributed by atoms with Gasteiger partial charge in [-0.2, -0.15) is 0 Å². The van der Waals surface area contributed by atoms with Crippen LogP contribution in [-0.4, -0.2) is 21.3 Å². The van der Waals surface area contributed by atoms with E-state index in [0.29, 0.717) is 0 Å². The van der Waals surface area contributed by atoms with Gasteiger partial charge in [0.05, 0.1) is 13.2 Å². The molecule has 4 heteroatoms. The zero-order valence-electron chi connectivity index (χ0n) is 16.1. The molecule has 0 aromatic heterocycles. The van der Waals surface area contributed by atoms with Gasteiger partial charge in [-0.25, -0.2) is 0 Å². The Hall–Kier alpha value is -1.62. The second-order valence-electron chi connectivity index (χ2n) is 7.75. The van der Waals surface area contributed by atoms with E-state index in [2.05, 4.69) is 33.9 Å². The smallest absolute Gasteiger partial charge is 0.171 e. The minimum Gasteiger partial charge on any atom is -0.496 e. The van der Waals surface area contributed by atoms with Gasteiger partial charge in [-0.05, 0) is 41.8 Å². The molecule has 0 saturated carbocycles. The van der Waals surface area contributed by atoms with Crippen molar-refractivity contribution in [1.29, 1.82) is 0 Å². The van der Waals surface area contributed by atoms with Gasteiger partial charge in [0, 0.05) is 5.56 Å². The van der Waals surface area contributed by atoms with E-state index in [1.807, 2.05) is 48.5 Å². The summed E-state index contributed by atoms with van der Waals surface area (Å²) in [4.78, 5) is 0. The van der Waals surface area contributed by atoms with Crippen LogP contribution in [0.5, 0.6) is 5.75 Å². The minimum absolute atomic E-state index is 0.0686. The molecule has 0 fully saturated rings. The first-order chi connectivity index (χ1) is 11.7. The molecule has 2 unspecified atom stereocenters. The Balaban J connectivity index is 2.48. The van der Waals surface area contributed by atoms with Crippen LogP contribution >= 0.6 is 0 Å². The summed E-state index contributed by atoms with van der Waals surface area (Å²) >= 11 is 0. The predicted octanol–water partition coefficient (Wildman–Crippen LogP) is 4.86. The summed E-state index contributed by atoms with van der Waals surface area (Å²) in [5.74, 6) is 0.804. The number of rotatable bonds is 6. The van der Waals surface area contributed by atoms with Crippen molar-refractivity contribution in [2.45, 2.75) is 46.1 Å². The van der Waals surface area contributed by atoms with E-state index in [1.165, 1.54) is 0 Å². The third-order valence-electron chi connectivity index (χ3n) is 4.16. The van der Waals surface area contributed by atoms with Crippen LogP contribution in [0.15, 0.2) is 48.5 Å². The minimum atomic E-state index is -1.25. The third-order valence-corrected chi connectivity index (χ3v) is 4.98. The Kier molecular flexibility index (Phi) is 6.44. The molecule has 2 atom stereocenters. The Morgan fingerprint density at radius 2 is 1.60 bits per heavy atom. The van der Waals surface area contributed by atoms with Crippen LogP contribution < -0.4 is 4.74 Å². The summed E-state index contributed by atoms with van der Waals surface area (Å²) in [7, 11) is 0.432.